The fourth-order valence-electron chi connectivity index (χ4n) is 5.68. The van der Waals surface area contributed by atoms with Gasteiger partial charge in [-0.05, 0) is 5.56 Å². The highest BCUT2D eigenvalue weighted by Crippen LogP contribution is 2.40. The maximum absolute atomic E-state index is 12.3. The van der Waals surface area contributed by atoms with Crippen molar-refractivity contribution in [1.82, 2.24) is 0 Å². The fraction of sp³-hybridized carbons (Fsp3) is 0.656. The molecule has 0 aliphatic carbocycles. The van der Waals surface area contributed by atoms with Crippen molar-refractivity contribution in [3.05, 3.63) is 35.9 Å². The van der Waals surface area contributed by atoms with Gasteiger partial charge < -0.3 is 52.1 Å². The number of methoxy groups -OCH3 is 1. The second kappa shape index (κ2) is 16.8. The monoisotopic (exact) mass is 698 g/mol. The number of carbonyl (C=O) groups is 5. The molecule has 49 heavy (non-hydrogen) atoms. The molecule has 3 fully saturated rings. The van der Waals surface area contributed by atoms with Crippen LogP contribution >= 0.6 is 0 Å². The van der Waals surface area contributed by atoms with E-state index in [1.807, 2.05) is 30.3 Å². The first-order chi connectivity index (χ1) is 23.2. The summed E-state index contributed by atoms with van der Waals surface area (Å²) in [6, 6.07) is 9.21. The molecule has 272 valence electrons. The average Bonchev–Trinajstić information content (AvgIpc) is 3.36. The molecule has 0 aromatic heterocycles. The Kier molecular flexibility index (Phi) is 13.1. The van der Waals surface area contributed by atoms with Crippen LogP contribution < -0.4 is 0 Å². The third kappa shape index (κ3) is 10.2. The Balaban J connectivity index is 1.55. The first-order valence-corrected chi connectivity index (χ1v) is 15.5. The molecule has 0 bridgehead atoms. The number of hydrogen-bond donors (Lipinski definition) is 0. The largest absolute Gasteiger partial charge is 0.463 e. The van der Waals surface area contributed by atoms with E-state index >= 15 is 0 Å². The van der Waals surface area contributed by atoms with Gasteiger partial charge in [-0.15, -0.1) is 0 Å². The van der Waals surface area contributed by atoms with Crippen LogP contribution in [-0.4, -0.2) is 118 Å². The molecule has 17 heteroatoms. The summed E-state index contributed by atoms with van der Waals surface area (Å²) in [5.41, 5.74) is 0.818. The van der Waals surface area contributed by atoms with Crippen LogP contribution in [0, 0.1) is 0 Å². The smallest absolute Gasteiger partial charge is 0.303 e. The molecule has 0 radical (unpaired) electrons. The average molecular weight is 699 g/mol. The molecule has 0 saturated carbocycles. The van der Waals surface area contributed by atoms with E-state index < -0.39 is 97.2 Å². The number of carbonyl (C=O) groups excluding carboxylic acids is 5. The van der Waals surface area contributed by atoms with Gasteiger partial charge in [0.05, 0.1) is 13.2 Å². The SMILES string of the molecule is CO[C@H]1O[C@H](CO[C@]2(C)O[C@H]3O[C@H](COC(C)=O)[C@H](OC(C)=O)[C@H](OC(C)=O)[C@H]3O2)[C@@H](OC(C)=O)[C@H](OC(C)=O)[C@H]1OCc1ccccc1. The van der Waals surface area contributed by atoms with Crippen LogP contribution in [0.3, 0.4) is 0 Å². The van der Waals surface area contributed by atoms with Crippen molar-refractivity contribution in [3.63, 3.8) is 0 Å². The van der Waals surface area contributed by atoms with Crippen molar-refractivity contribution in [2.75, 3.05) is 20.3 Å². The minimum Gasteiger partial charge on any atom is -0.463 e. The van der Waals surface area contributed by atoms with Crippen LogP contribution in [0.5, 0.6) is 0 Å². The minimum absolute atomic E-state index is 0.0965. The Bertz CT molecular complexity index is 1320. The Labute approximate surface area is 282 Å². The van der Waals surface area contributed by atoms with Gasteiger partial charge in [-0.2, -0.15) is 0 Å². The Morgan fingerprint density at radius 3 is 1.80 bits per heavy atom. The van der Waals surface area contributed by atoms with Crippen molar-refractivity contribution in [3.8, 4) is 0 Å². The molecule has 17 nitrogen and oxygen atoms in total. The zero-order valence-corrected chi connectivity index (χ0v) is 28.2. The van der Waals surface area contributed by atoms with Gasteiger partial charge in [-0.3, -0.25) is 28.7 Å². The zero-order chi connectivity index (χ0) is 35.9. The normalized spacial score (nSPS) is 33.9. The van der Waals surface area contributed by atoms with Gasteiger partial charge in [-0.1, -0.05) is 30.3 Å². The van der Waals surface area contributed by atoms with Gasteiger partial charge in [0.25, 0.3) is 5.97 Å². The number of hydrogen-bond acceptors (Lipinski definition) is 17. The predicted molar refractivity (Wildman–Crippen MR) is 159 cm³/mol. The third-order valence-electron chi connectivity index (χ3n) is 7.55. The van der Waals surface area contributed by atoms with E-state index in [-0.39, 0.29) is 19.8 Å². The summed E-state index contributed by atoms with van der Waals surface area (Å²) < 4.78 is 69.0. The van der Waals surface area contributed by atoms with Crippen LogP contribution in [0.2, 0.25) is 0 Å². The molecule has 0 N–H and O–H groups in total. The van der Waals surface area contributed by atoms with Crippen LogP contribution in [0.25, 0.3) is 0 Å². The lowest BCUT2D eigenvalue weighted by Gasteiger charge is -2.44. The van der Waals surface area contributed by atoms with E-state index in [1.54, 1.807) is 0 Å². The van der Waals surface area contributed by atoms with Gasteiger partial charge >= 0.3 is 29.8 Å². The lowest BCUT2D eigenvalue weighted by Crippen LogP contribution is -2.62. The first-order valence-electron chi connectivity index (χ1n) is 15.5. The van der Waals surface area contributed by atoms with E-state index in [2.05, 4.69) is 0 Å². The molecule has 3 saturated heterocycles. The summed E-state index contributed by atoms with van der Waals surface area (Å²) in [6.07, 6.45) is -11.8. The zero-order valence-electron chi connectivity index (χ0n) is 28.2. The van der Waals surface area contributed by atoms with Crippen molar-refractivity contribution in [2.24, 2.45) is 0 Å². The molecule has 11 atom stereocenters. The standard InChI is InChI=1S/C32H42O17/c1-16(33)39-14-22-24(42-17(2)34)27(45-20(5)37)29-31(47-22)49-32(6,48-29)41-15-23-25(43-18(3)35)26(44-19(4)36)28(30(38-7)46-23)40-13-21-11-9-8-10-12-21/h8-12,22-31H,13-15H2,1-7H3/t22-,23-,24+,25-,26+,27+,28-,29-,30+,31-,32+/m1/s1. The topological polar surface area (TPSA) is 196 Å². The second-order valence-corrected chi connectivity index (χ2v) is 11.6. The van der Waals surface area contributed by atoms with E-state index in [9.17, 15) is 24.0 Å². The second-order valence-electron chi connectivity index (χ2n) is 11.6. The summed E-state index contributed by atoms with van der Waals surface area (Å²) in [4.78, 5) is 60.2. The molecule has 0 spiro atoms. The third-order valence-corrected chi connectivity index (χ3v) is 7.55. The fourth-order valence-corrected chi connectivity index (χ4v) is 5.68. The summed E-state index contributed by atoms with van der Waals surface area (Å²) in [5.74, 6) is -5.36. The number of fused-ring (bicyclic) bond motifs is 1. The molecular formula is C32H42O17. The molecule has 1 aromatic carbocycles. The molecule has 0 unspecified atom stereocenters. The van der Waals surface area contributed by atoms with Gasteiger partial charge in [-0.25, -0.2) is 0 Å². The van der Waals surface area contributed by atoms with Crippen molar-refractivity contribution in [1.29, 1.82) is 0 Å². The van der Waals surface area contributed by atoms with Crippen LogP contribution in [0.1, 0.15) is 47.1 Å². The predicted octanol–water partition coefficient (Wildman–Crippen LogP) is 1.06. The summed E-state index contributed by atoms with van der Waals surface area (Å²) >= 11 is 0. The molecule has 3 aliphatic heterocycles. The van der Waals surface area contributed by atoms with Crippen LogP contribution in [0.4, 0.5) is 0 Å². The van der Waals surface area contributed by atoms with Crippen molar-refractivity contribution >= 4 is 29.8 Å². The van der Waals surface area contributed by atoms with Crippen LogP contribution in [-0.2, 0) is 87.4 Å². The van der Waals surface area contributed by atoms with Crippen molar-refractivity contribution in [2.45, 2.75) is 116 Å². The van der Waals surface area contributed by atoms with Crippen LogP contribution in [0.15, 0.2) is 30.3 Å². The van der Waals surface area contributed by atoms with E-state index in [0.717, 1.165) is 19.4 Å². The molecule has 0 amide bonds. The molecule has 3 heterocycles. The highest BCUT2D eigenvalue weighted by molar-refractivity contribution is 5.68. The highest BCUT2D eigenvalue weighted by atomic mass is 16.9. The summed E-state index contributed by atoms with van der Waals surface area (Å²) in [5, 5.41) is 0. The number of benzene rings is 1. The first kappa shape index (κ1) is 38.1. The van der Waals surface area contributed by atoms with E-state index in [4.69, 9.17) is 56.8 Å². The Morgan fingerprint density at radius 2 is 1.22 bits per heavy atom. The molecule has 1 aromatic rings. The lowest BCUT2D eigenvalue weighted by molar-refractivity contribution is -0.366. The lowest BCUT2D eigenvalue weighted by atomic mass is 9.98. The molecular weight excluding hydrogens is 656 g/mol. The number of ether oxygens (including phenoxy) is 12. The summed E-state index contributed by atoms with van der Waals surface area (Å²) in [6.45, 7) is 6.60. The van der Waals surface area contributed by atoms with Gasteiger partial charge in [0, 0.05) is 48.7 Å². The van der Waals surface area contributed by atoms with Gasteiger partial charge in [0.15, 0.2) is 43.1 Å². The number of rotatable bonds is 13. The van der Waals surface area contributed by atoms with Gasteiger partial charge in [0.1, 0.15) is 24.9 Å². The number of esters is 5. The maximum atomic E-state index is 12.3. The quantitative estimate of drug-likeness (QED) is 0.209. The van der Waals surface area contributed by atoms with E-state index in [0.29, 0.717) is 0 Å². The van der Waals surface area contributed by atoms with Crippen molar-refractivity contribution < 1.29 is 80.8 Å². The minimum atomic E-state index is -1.91. The Morgan fingerprint density at radius 1 is 0.673 bits per heavy atom. The Hall–Kier alpha value is -3.71. The molecule has 4 rings (SSSR count). The van der Waals surface area contributed by atoms with Gasteiger partial charge in [0.2, 0.25) is 0 Å². The highest BCUT2D eigenvalue weighted by Gasteiger charge is 2.60. The summed E-state index contributed by atoms with van der Waals surface area (Å²) in [7, 11) is 1.37. The maximum Gasteiger partial charge on any atom is 0.303 e. The van der Waals surface area contributed by atoms with E-state index in [1.165, 1.54) is 34.8 Å². The molecule has 3 aliphatic rings.